The summed E-state index contributed by atoms with van der Waals surface area (Å²) >= 11 is 0. The first-order valence-corrected chi connectivity index (χ1v) is 6.06. The van der Waals surface area contributed by atoms with Gasteiger partial charge in [0, 0.05) is 18.0 Å². The Hall–Kier alpha value is -1.07. The topological polar surface area (TPSA) is 86.2 Å². The van der Waals surface area contributed by atoms with Crippen LogP contribution in [0.4, 0.5) is 5.69 Å². The predicted molar refractivity (Wildman–Crippen MR) is 56.6 cm³/mol. The number of sulfone groups is 1. The summed E-state index contributed by atoms with van der Waals surface area (Å²) in [5, 5.41) is 0. The number of nitrogens with two attached hydrogens (primary N) is 2. The Morgan fingerprint density at radius 3 is 2.29 bits per heavy atom. The predicted octanol–water partition coefficient (Wildman–Crippen LogP) is 0.692. The molecule has 4 N–H and O–H groups in total. The van der Waals surface area contributed by atoms with Crippen LogP contribution in [0.25, 0.3) is 0 Å². The maximum absolute atomic E-state index is 11.2. The molecule has 14 heavy (non-hydrogen) atoms. The Morgan fingerprint density at radius 1 is 1.36 bits per heavy atom. The van der Waals surface area contributed by atoms with E-state index in [1.54, 1.807) is 13.0 Å². The maximum Gasteiger partial charge on any atom is 0.175 e. The van der Waals surface area contributed by atoms with E-state index in [0.29, 0.717) is 5.69 Å². The molecule has 0 bridgehead atoms. The lowest BCUT2D eigenvalue weighted by molar-refractivity contribution is 0.602. The Bertz CT molecular complexity index is 438. The van der Waals surface area contributed by atoms with Crippen molar-refractivity contribution in [2.24, 2.45) is 5.73 Å². The van der Waals surface area contributed by atoms with Crippen LogP contribution in [0.1, 0.15) is 18.5 Å². The van der Waals surface area contributed by atoms with Gasteiger partial charge in [-0.3, -0.25) is 0 Å². The molecular weight excluding hydrogens is 200 g/mol. The van der Waals surface area contributed by atoms with Crippen LogP contribution in [-0.4, -0.2) is 14.7 Å². The quantitative estimate of drug-likeness (QED) is 0.709. The lowest BCUT2D eigenvalue weighted by atomic mass is 10.1. The zero-order valence-electron chi connectivity index (χ0n) is 8.19. The van der Waals surface area contributed by atoms with Gasteiger partial charge in [-0.2, -0.15) is 0 Å². The van der Waals surface area contributed by atoms with E-state index in [9.17, 15) is 8.42 Å². The minimum atomic E-state index is -3.19. The van der Waals surface area contributed by atoms with Gasteiger partial charge in [0.15, 0.2) is 9.84 Å². The van der Waals surface area contributed by atoms with Gasteiger partial charge in [0.05, 0.1) is 4.90 Å². The molecule has 0 heterocycles. The Morgan fingerprint density at radius 2 is 1.93 bits per heavy atom. The van der Waals surface area contributed by atoms with Gasteiger partial charge in [-0.1, -0.05) is 6.07 Å². The second kappa shape index (κ2) is 3.59. The van der Waals surface area contributed by atoms with Crippen LogP contribution in [0.15, 0.2) is 23.1 Å². The van der Waals surface area contributed by atoms with Crippen LogP contribution in [0.2, 0.25) is 0 Å². The average molecular weight is 214 g/mol. The second-order valence-corrected chi connectivity index (χ2v) is 5.37. The van der Waals surface area contributed by atoms with Crippen molar-refractivity contribution in [3.05, 3.63) is 23.8 Å². The zero-order chi connectivity index (χ0) is 10.9. The molecule has 0 aliphatic rings. The van der Waals surface area contributed by atoms with Crippen molar-refractivity contribution in [2.75, 3.05) is 12.0 Å². The molecule has 0 saturated carbocycles. The molecule has 5 heteroatoms. The molecule has 4 nitrogen and oxygen atoms in total. The van der Waals surface area contributed by atoms with Crippen molar-refractivity contribution < 1.29 is 8.42 Å². The van der Waals surface area contributed by atoms with Gasteiger partial charge in [-0.25, -0.2) is 8.42 Å². The third kappa shape index (κ3) is 2.24. The summed E-state index contributed by atoms with van der Waals surface area (Å²) in [6.45, 7) is 1.80. The van der Waals surface area contributed by atoms with E-state index in [1.165, 1.54) is 12.1 Å². The number of rotatable bonds is 2. The smallest absolute Gasteiger partial charge is 0.175 e. The van der Waals surface area contributed by atoms with E-state index >= 15 is 0 Å². The highest BCUT2D eigenvalue weighted by atomic mass is 32.2. The molecule has 0 fully saturated rings. The summed E-state index contributed by atoms with van der Waals surface area (Å²) in [5.41, 5.74) is 12.5. The largest absolute Gasteiger partial charge is 0.398 e. The molecule has 0 spiro atoms. The van der Waals surface area contributed by atoms with E-state index in [4.69, 9.17) is 11.5 Å². The molecule has 0 saturated heterocycles. The van der Waals surface area contributed by atoms with E-state index in [2.05, 4.69) is 0 Å². The van der Waals surface area contributed by atoms with Crippen LogP contribution < -0.4 is 11.5 Å². The van der Waals surface area contributed by atoms with Crippen molar-refractivity contribution in [1.29, 1.82) is 0 Å². The Labute approximate surface area is 83.8 Å². The lowest BCUT2D eigenvalue weighted by Crippen LogP contribution is -2.09. The standard InChI is InChI=1S/C9H14N2O2S/c1-6(10)8-4-3-7(5-9(8)11)14(2,12)13/h3-6H,10-11H2,1-2H3. The molecule has 1 aromatic rings. The monoisotopic (exact) mass is 214 g/mol. The van der Waals surface area contributed by atoms with Gasteiger partial charge in [0.25, 0.3) is 0 Å². The van der Waals surface area contributed by atoms with Gasteiger partial charge < -0.3 is 11.5 Å². The molecule has 0 aliphatic carbocycles. The van der Waals surface area contributed by atoms with Crippen molar-refractivity contribution >= 4 is 15.5 Å². The lowest BCUT2D eigenvalue weighted by Gasteiger charge is -2.10. The molecule has 1 aromatic carbocycles. The van der Waals surface area contributed by atoms with Gasteiger partial charge in [-0.15, -0.1) is 0 Å². The van der Waals surface area contributed by atoms with Crippen LogP contribution in [0, 0.1) is 0 Å². The summed E-state index contributed by atoms with van der Waals surface area (Å²) in [7, 11) is -3.19. The summed E-state index contributed by atoms with van der Waals surface area (Å²) < 4.78 is 22.4. The zero-order valence-corrected chi connectivity index (χ0v) is 9.01. The van der Waals surface area contributed by atoms with Crippen LogP contribution in [0.3, 0.4) is 0 Å². The molecule has 1 rings (SSSR count). The Kier molecular flexibility index (Phi) is 2.82. The van der Waals surface area contributed by atoms with Crippen LogP contribution in [-0.2, 0) is 9.84 Å². The van der Waals surface area contributed by atoms with E-state index in [1.807, 2.05) is 0 Å². The average Bonchev–Trinajstić information content (AvgIpc) is 2.01. The van der Waals surface area contributed by atoms with Gasteiger partial charge in [0.1, 0.15) is 0 Å². The second-order valence-electron chi connectivity index (χ2n) is 3.35. The highest BCUT2D eigenvalue weighted by molar-refractivity contribution is 7.90. The highest BCUT2D eigenvalue weighted by Gasteiger charge is 2.10. The molecule has 0 aromatic heterocycles. The summed E-state index contributed by atoms with van der Waals surface area (Å²) in [6.07, 6.45) is 1.15. The molecular formula is C9H14N2O2S. The van der Waals surface area contributed by atoms with Gasteiger partial charge in [0.2, 0.25) is 0 Å². The summed E-state index contributed by atoms with van der Waals surface area (Å²) in [4.78, 5) is 0.222. The number of anilines is 1. The molecule has 1 atom stereocenters. The van der Waals surface area contributed by atoms with Crippen molar-refractivity contribution in [3.63, 3.8) is 0 Å². The SMILES string of the molecule is CC(N)c1ccc(S(C)(=O)=O)cc1N. The fourth-order valence-electron chi connectivity index (χ4n) is 1.20. The van der Waals surface area contributed by atoms with Crippen molar-refractivity contribution in [1.82, 2.24) is 0 Å². The summed E-state index contributed by atoms with van der Waals surface area (Å²) in [6, 6.07) is 4.41. The van der Waals surface area contributed by atoms with Crippen LogP contribution >= 0.6 is 0 Å². The van der Waals surface area contributed by atoms with Gasteiger partial charge >= 0.3 is 0 Å². The first-order chi connectivity index (χ1) is 6.32. The molecule has 1 unspecified atom stereocenters. The summed E-state index contributed by atoms with van der Waals surface area (Å²) in [5.74, 6) is 0. The first kappa shape index (κ1) is 11.0. The molecule has 0 aliphatic heterocycles. The normalized spacial score (nSPS) is 13.9. The number of hydrogen-bond acceptors (Lipinski definition) is 4. The third-order valence-electron chi connectivity index (χ3n) is 1.98. The van der Waals surface area contributed by atoms with Gasteiger partial charge in [-0.05, 0) is 24.6 Å². The minimum absolute atomic E-state index is 0.191. The van der Waals surface area contributed by atoms with Crippen molar-refractivity contribution in [2.45, 2.75) is 17.9 Å². The fraction of sp³-hybridized carbons (Fsp3) is 0.333. The Balaban J connectivity index is 3.27. The van der Waals surface area contributed by atoms with E-state index in [0.717, 1.165) is 11.8 Å². The first-order valence-electron chi connectivity index (χ1n) is 4.17. The number of nitrogen functional groups attached to an aromatic ring is 1. The van der Waals surface area contributed by atoms with Crippen LogP contribution in [0.5, 0.6) is 0 Å². The molecule has 0 amide bonds. The minimum Gasteiger partial charge on any atom is -0.398 e. The maximum atomic E-state index is 11.2. The molecule has 78 valence electrons. The number of hydrogen-bond donors (Lipinski definition) is 2. The molecule has 0 radical (unpaired) electrons. The van der Waals surface area contributed by atoms with E-state index in [-0.39, 0.29) is 10.9 Å². The highest BCUT2D eigenvalue weighted by Crippen LogP contribution is 2.21. The van der Waals surface area contributed by atoms with E-state index < -0.39 is 9.84 Å². The third-order valence-corrected chi connectivity index (χ3v) is 3.09. The fourth-order valence-corrected chi connectivity index (χ4v) is 1.85. The van der Waals surface area contributed by atoms with Crippen molar-refractivity contribution in [3.8, 4) is 0 Å². The number of benzene rings is 1.